The van der Waals surface area contributed by atoms with Gasteiger partial charge in [0.2, 0.25) is 5.91 Å². The quantitative estimate of drug-likeness (QED) is 0.659. The van der Waals surface area contributed by atoms with E-state index < -0.39 is 0 Å². The summed E-state index contributed by atoms with van der Waals surface area (Å²) < 4.78 is 0. The van der Waals surface area contributed by atoms with Crippen molar-refractivity contribution < 1.29 is 4.79 Å². The minimum Gasteiger partial charge on any atom is -0.359 e. The van der Waals surface area contributed by atoms with Crippen LogP contribution in [0.1, 0.15) is 20.3 Å². The molecule has 0 radical (unpaired) electrons. The Kier molecular flexibility index (Phi) is 6.60. The Balaban J connectivity index is 4.34. The van der Waals surface area contributed by atoms with E-state index >= 15 is 0 Å². The number of nitrogens with one attached hydrogen (secondary N) is 1. The van der Waals surface area contributed by atoms with Gasteiger partial charge in [-0.15, -0.1) is 0 Å². The normalized spacial score (nSPS) is 12.7. The van der Waals surface area contributed by atoms with E-state index in [1.807, 2.05) is 44.2 Å². The van der Waals surface area contributed by atoms with Crippen molar-refractivity contribution in [2.75, 3.05) is 7.05 Å². The van der Waals surface area contributed by atoms with Gasteiger partial charge in [-0.25, -0.2) is 0 Å². The molecule has 0 aliphatic rings. The molecule has 2 nitrogen and oxygen atoms in total. The molecule has 1 amide bonds. The van der Waals surface area contributed by atoms with Gasteiger partial charge in [-0.1, -0.05) is 30.4 Å². The SMILES string of the molecule is C\C=C/C=C(\C=C/C)CC(=O)NC. The summed E-state index contributed by atoms with van der Waals surface area (Å²) in [7, 11) is 1.64. The summed E-state index contributed by atoms with van der Waals surface area (Å²) in [5.41, 5.74) is 1.01. The third-order valence-electron chi connectivity index (χ3n) is 1.53. The molecule has 0 aromatic rings. The molecule has 0 aromatic heterocycles. The Morgan fingerprint density at radius 3 is 2.46 bits per heavy atom. The summed E-state index contributed by atoms with van der Waals surface area (Å²) >= 11 is 0. The van der Waals surface area contributed by atoms with Crippen LogP contribution in [0, 0.1) is 0 Å². The molecule has 0 aliphatic carbocycles. The summed E-state index contributed by atoms with van der Waals surface area (Å²) in [6, 6.07) is 0. The maximum absolute atomic E-state index is 11.1. The van der Waals surface area contributed by atoms with Crippen molar-refractivity contribution in [3.05, 3.63) is 36.0 Å². The monoisotopic (exact) mass is 179 g/mol. The van der Waals surface area contributed by atoms with Crippen LogP contribution in [0.25, 0.3) is 0 Å². The number of carbonyl (C=O) groups excluding carboxylic acids is 1. The van der Waals surface area contributed by atoms with Crippen molar-refractivity contribution in [1.29, 1.82) is 0 Å². The van der Waals surface area contributed by atoms with Crippen LogP contribution in [0.5, 0.6) is 0 Å². The van der Waals surface area contributed by atoms with Crippen LogP contribution < -0.4 is 5.32 Å². The molecule has 0 fully saturated rings. The Morgan fingerprint density at radius 2 is 2.00 bits per heavy atom. The van der Waals surface area contributed by atoms with Crippen molar-refractivity contribution >= 4 is 5.91 Å². The standard InChI is InChI=1S/C11H17NO/c1-4-6-8-10(7-5-2)9-11(13)12-3/h4-8H,9H2,1-3H3,(H,12,13)/b6-4-,7-5-,10-8+. The van der Waals surface area contributed by atoms with Gasteiger partial charge >= 0.3 is 0 Å². The number of hydrogen-bond donors (Lipinski definition) is 1. The molecule has 13 heavy (non-hydrogen) atoms. The van der Waals surface area contributed by atoms with Crippen molar-refractivity contribution in [3.8, 4) is 0 Å². The van der Waals surface area contributed by atoms with Crippen LogP contribution in [0.4, 0.5) is 0 Å². The lowest BCUT2D eigenvalue weighted by atomic mass is 10.1. The van der Waals surface area contributed by atoms with Crippen molar-refractivity contribution in [2.45, 2.75) is 20.3 Å². The van der Waals surface area contributed by atoms with Gasteiger partial charge in [-0.2, -0.15) is 0 Å². The maximum Gasteiger partial charge on any atom is 0.224 e. The molecule has 0 saturated carbocycles. The second-order valence-corrected chi connectivity index (χ2v) is 2.62. The van der Waals surface area contributed by atoms with Crippen LogP contribution >= 0.6 is 0 Å². The average Bonchev–Trinajstić information content (AvgIpc) is 2.14. The topological polar surface area (TPSA) is 29.1 Å². The smallest absolute Gasteiger partial charge is 0.224 e. The van der Waals surface area contributed by atoms with Gasteiger partial charge in [-0.05, 0) is 19.4 Å². The predicted octanol–water partition coefficient (Wildman–Crippen LogP) is 2.20. The molecule has 0 aromatic carbocycles. The van der Waals surface area contributed by atoms with E-state index in [-0.39, 0.29) is 5.91 Å². The summed E-state index contributed by atoms with van der Waals surface area (Å²) in [5, 5.41) is 2.59. The molecule has 0 heterocycles. The van der Waals surface area contributed by atoms with Crippen LogP contribution in [-0.2, 0) is 4.79 Å². The molecular weight excluding hydrogens is 162 g/mol. The molecule has 0 unspecified atom stereocenters. The summed E-state index contributed by atoms with van der Waals surface area (Å²) in [6.45, 7) is 3.89. The van der Waals surface area contributed by atoms with Gasteiger partial charge < -0.3 is 5.32 Å². The Bertz CT molecular complexity index is 236. The van der Waals surface area contributed by atoms with E-state index in [1.54, 1.807) is 7.05 Å². The maximum atomic E-state index is 11.1. The van der Waals surface area contributed by atoms with E-state index in [9.17, 15) is 4.79 Å². The van der Waals surface area contributed by atoms with Crippen LogP contribution in [0.3, 0.4) is 0 Å². The molecule has 2 heteroatoms. The highest BCUT2D eigenvalue weighted by Crippen LogP contribution is 2.03. The molecule has 0 aliphatic heterocycles. The number of allylic oxidation sites excluding steroid dienone is 5. The highest BCUT2D eigenvalue weighted by Gasteiger charge is 1.98. The molecule has 0 bridgehead atoms. The fourth-order valence-electron chi connectivity index (χ4n) is 0.881. The van der Waals surface area contributed by atoms with Gasteiger partial charge in [0.15, 0.2) is 0 Å². The Hall–Kier alpha value is -1.31. The molecule has 72 valence electrons. The van der Waals surface area contributed by atoms with Gasteiger partial charge in [-0.3, -0.25) is 4.79 Å². The van der Waals surface area contributed by atoms with Gasteiger partial charge in [0.25, 0.3) is 0 Å². The van der Waals surface area contributed by atoms with E-state index in [1.165, 1.54) is 0 Å². The highest BCUT2D eigenvalue weighted by molar-refractivity contribution is 5.78. The van der Waals surface area contributed by atoms with Gasteiger partial charge in [0.05, 0.1) is 6.42 Å². The van der Waals surface area contributed by atoms with Crippen LogP contribution in [0.2, 0.25) is 0 Å². The zero-order valence-corrected chi connectivity index (χ0v) is 8.50. The van der Waals surface area contributed by atoms with Crippen molar-refractivity contribution in [1.82, 2.24) is 5.32 Å². The molecular formula is C11H17NO. The minimum absolute atomic E-state index is 0.0360. The first kappa shape index (κ1) is 11.7. The zero-order valence-electron chi connectivity index (χ0n) is 8.50. The third-order valence-corrected chi connectivity index (χ3v) is 1.53. The zero-order chi connectivity index (χ0) is 10.1. The lowest BCUT2D eigenvalue weighted by Gasteiger charge is -1.99. The number of hydrogen-bond acceptors (Lipinski definition) is 1. The Labute approximate surface area is 80.0 Å². The first-order chi connectivity index (χ1) is 6.24. The third kappa shape index (κ3) is 5.91. The molecule has 0 atom stereocenters. The molecule has 1 N–H and O–H groups in total. The first-order valence-electron chi connectivity index (χ1n) is 4.39. The first-order valence-corrected chi connectivity index (χ1v) is 4.39. The van der Waals surface area contributed by atoms with Crippen LogP contribution in [0.15, 0.2) is 36.0 Å². The number of amides is 1. The molecule has 0 rings (SSSR count). The average molecular weight is 179 g/mol. The van der Waals surface area contributed by atoms with Gasteiger partial charge in [0.1, 0.15) is 0 Å². The molecule has 0 spiro atoms. The summed E-state index contributed by atoms with van der Waals surface area (Å²) in [4.78, 5) is 11.1. The largest absolute Gasteiger partial charge is 0.359 e. The van der Waals surface area contributed by atoms with Crippen molar-refractivity contribution in [3.63, 3.8) is 0 Å². The molecule has 0 saturated heterocycles. The summed E-state index contributed by atoms with van der Waals surface area (Å²) in [5.74, 6) is 0.0360. The minimum atomic E-state index is 0.0360. The lowest BCUT2D eigenvalue weighted by molar-refractivity contribution is -0.119. The second kappa shape index (κ2) is 7.35. The van der Waals surface area contributed by atoms with Crippen LogP contribution in [-0.4, -0.2) is 13.0 Å². The number of carbonyl (C=O) groups is 1. The van der Waals surface area contributed by atoms with E-state index in [0.29, 0.717) is 6.42 Å². The fourth-order valence-corrected chi connectivity index (χ4v) is 0.881. The van der Waals surface area contributed by atoms with E-state index in [2.05, 4.69) is 5.32 Å². The van der Waals surface area contributed by atoms with E-state index in [0.717, 1.165) is 5.57 Å². The number of rotatable bonds is 4. The highest BCUT2D eigenvalue weighted by atomic mass is 16.1. The van der Waals surface area contributed by atoms with Gasteiger partial charge in [0, 0.05) is 7.05 Å². The fraction of sp³-hybridized carbons (Fsp3) is 0.364. The Morgan fingerprint density at radius 1 is 1.31 bits per heavy atom. The lowest BCUT2D eigenvalue weighted by Crippen LogP contribution is -2.17. The van der Waals surface area contributed by atoms with E-state index in [4.69, 9.17) is 0 Å². The summed E-state index contributed by atoms with van der Waals surface area (Å²) in [6.07, 6.45) is 10.1. The predicted molar refractivity (Wildman–Crippen MR) is 56.4 cm³/mol. The van der Waals surface area contributed by atoms with Crippen molar-refractivity contribution in [2.24, 2.45) is 0 Å². The second-order valence-electron chi connectivity index (χ2n) is 2.62.